The number of nitrogens with zero attached hydrogens (tertiary/aromatic N) is 5. The average Bonchev–Trinajstić information content (AvgIpc) is 3.24. The number of aromatic nitrogens is 4. The van der Waals surface area contributed by atoms with Gasteiger partial charge in [-0.2, -0.15) is 10.2 Å². The zero-order chi connectivity index (χ0) is 19.4. The van der Waals surface area contributed by atoms with Crippen molar-refractivity contribution in [3.05, 3.63) is 70.4 Å². The predicted molar refractivity (Wildman–Crippen MR) is 94.4 cm³/mol. The number of benzene rings is 1. The summed E-state index contributed by atoms with van der Waals surface area (Å²) >= 11 is 0. The van der Waals surface area contributed by atoms with Crippen LogP contribution in [0.1, 0.15) is 12.5 Å². The molecule has 140 valence electrons. The molecule has 2 aromatic heterocycles. The lowest BCUT2D eigenvalue weighted by Gasteiger charge is -2.10. The lowest BCUT2D eigenvalue weighted by molar-refractivity contribution is -0.385. The Morgan fingerprint density at radius 3 is 2.89 bits per heavy atom. The number of anilines is 1. The van der Waals surface area contributed by atoms with Gasteiger partial charge >= 0.3 is 5.69 Å². The average molecular weight is 372 g/mol. The van der Waals surface area contributed by atoms with Crippen LogP contribution in [0.25, 0.3) is 0 Å². The minimum absolute atomic E-state index is 0.126. The molecule has 0 aliphatic rings. The van der Waals surface area contributed by atoms with Crippen LogP contribution in [0.3, 0.4) is 0 Å². The monoisotopic (exact) mass is 372 g/mol. The summed E-state index contributed by atoms with van der Waals surface area (Å²) in [5.41, 5.74) is 0.628. The highest BCUT2D eigenvalue weighted by Crippen LogP contribution is 2.12. The lowest BCUT2D eigenvalue weighted by Crippen LogP contribution is -2.25. The number of carbonyl (C=O) groups excluding carboxylic acids is 1. The summed E-state index contributed by atoms with van der Waals surface area (Å²) < 4.78 is 16.2. The normalized spacial score (nSPS) is 11.9. The van der Waals surface area contributed by atoms with E-state index in [4.69, 9.17) is 0 Å². The maximum Gasteiger partial charge on any atom is 0.306 e. The number of carbonyl (C=O) groups is 1. The van der Waals surface area contributed by atoms with Crippen LogP contribution in [0.4, 0.5) is 15.9 Å². The van der Waals surface area contributed by atoms with E-state index in [1.54, 1.807) is 36.0 Å². The second kappa shape index (κ2) is 7.77. The Kier molecular flexibility index (Phi) is 5.25. The van der Waals surface area contributed by atoms with Gasteiger partial charge in [-0.3, -0.25) is 24.3 Å². The first kappa shape index (κ1) is 18.2. The lowest BCUT2D eigenvalue weighted by atomic mass is 10.1. The van der Waals surface area contributed by atoms with Gasteiger partial charge in [0.15, 0.2) is 5.82 Å². The SMILES string of the molecule is CC(Cn1cc([N+](=O)[O-])cn1)C(=O)Nc1ccn(Cc2cccc(F)c2)n1. The Balaban J connectivity index is 1.57. The van der Waals surface area contributed by atoms with Gasteiger partial charge in [0.05, 0.1) is 23.9 Å². The molecule has 1 atom stereocenters. The smallest absolute Gasteiger partial charge is 0.306 e. The van der Waals surface area contributed by atoms with Crippen molar-refractivity contribution in [3.63, 3.8) is 0 Å². The molecule has 3 aromatic rings. The standard InChI is InChI=1S/C17H17FN6O3/c1-12(9-23-11-15(8-19-23)24(26)27)17(25)20-16-5-6-22(21-16)10-13-3-2-4-14(18)7-13/h2-8,11-12H,9-10H2,1H3,(H,20,21,25). The van der Waals surface area contributed by atoms with Crippen LogP contribution in [-0.2, 0) is 17.9 Å². The molecule has 0 aliphatic carbocycles. The molecule has 1 unspecified atom stereocenters. The van der Waals surface area contributed by atoms with Crippen molar-refractivity contribution < 1.29 is 14.1 Å². The van der Waals surface area contributed by atoms with Crippen LogP contribution in [0.5, 0.6) is 0 Å². The minimum atomic E-state index is -0.542. The summed E-state index contributed by atoms with van der Waals surface area (Å²) in [6.07, 6.45) is 4.10. The molecular formula is C17H17FN6O3. The van der Waals surface area contributed by atoms with E-state index in [9.17, 15) is 19.3 Å². The van der Waals surface area contributed by atoms with E-state index in [0.717, 1.165) is 11.8 Å². The van der Waals surface area contributed by atoms with E-state index < -0.39 is 10.8 Å². The summed E-state index contributed by atoms with van der Waals surface area (Å²) in [5, 5.41) is 21.5. The molecule has 1 amide bonds. The quantitative estimate of drug-likeness (QED) is 0.506. The molecule has 3 rings (SSSR count). The van der Waals surface area contributed by atoms with Crippen molar-refractivity contribution in [2.75, 3.05) is 5.32 Å². The van der Waals surface area contributed by atoms with Crippen molar-refractivity contribution >= 4 is 17.4 Å². The van der Waals surface area contributed by atoms with Crippen molar-refractivity contribution in [2.45, 2.75) is 20.0 Å². The zero-order valence-corrected chi connectivity index (χ0v) is 14.4. The Hall–Kier alpha value is -3.56. The van der Waals surface area contributed by atoms with Crippen LogP contribution < -0.4 is 5.32 Å². The molecule has 0 radical (unpaired) electrons. The molecule has 0 saturated carbocycles. The Morgan fingerprint density at radius 1 is 1.37 bits per heavy atom. The molecule has 2 heterocycles. The first-order valence-electron chi connectivity index (χ1n) is 8.16. The molecule has 0 spiro atoms. The maximum absolute atomic E-state index is 13.2. The number of rotatable bonds is 7. The summed E-state index contributed by atoms with van der Waals surface area (Å²) in [6.45, 7) is 2.26. The zero-order valence-electron chi connectivity index (χ0n) is 14.4. The summed E-state index contributed by atoms with van der Waals surface area (Å²) in [6, 6.07) is 7.84. The molecule has 0 bridgehead atoms. The molecule has 9 nitrogen and oxygen atoms in total. The van der Waals surface area contributed by atoms with E-state index in [1.165, 1.54) is 23.0 Å². The molecule has 0 saturated heterocycles. The molecule has 1 N–H and O–H groups in total. The van der Waals surface area contributed by atoms with Gasteiger partial charge < -0.3 is 5.32 Å². The molecule has 0 aliphatic heterocycles. The Labute approximate surface area is 153 Å². The van der Waals surface area contributed by atoms with Crippen LogP contribution >= 0.6 is 0 Å². The summed E-state index contributed by atoms with van der Waals surface area (Å²) in [5.74, 6) is -0.711. The number of amides is 1. The molecule has 27 heavy (non-hydrogen) atoms. The fourth-order valence-electron chi connectivity index (χ4n) is 2.50. The fraction of sp³-hybridized carbons (Fsp3) is 0.235. The topological polar surface area (TPSA) is 108 Å². The second-order valence-electron chi connectivity index (χ2n) is 6.10. The first-order chi connectivity index (χ1) is 12.9. The fourth-order valence-corrected chi connectivity index (χ4v) is 2.50. The van der Waals surface area contributed by atoms with Crippen molar-refractivity contribution in [1.82, 2.24) is 19.6 Å². The Morgan fingerprint density at radius 2 is 2.19 bits per heavy atom. The highest BCUT2D eigenvalue weighted by molar-refractivity contribution is 5.91. The predicted octanol–water partition coefficient (Wildman–Crippen LogP) is 2.45. The number of halogens is 1. The highest BCUT2D eigenvalue weighted by Gasteiger charge is 2.17. The van der Waals surface area contributed by atoms with Gasteiger partial charge in [0.1, 0.15) is 18.2 Å². The van der Waals surface area contributed by atoms with Gasteiger partial charge in [-0.05, 0) is 17.7 Å². The van der Waals surface area contributed by atoms with Crippen LogP contribution in [-0.4, -0.2) is 30.4 Å². The van der Waals surface area contributed by atoms with Crippen molar-refractivity contribution in [2.24, 2.45) is 5.92 Å². The van der Waals surface area contributed by atoms with Gasteiger partial charge in [0, 0.05) is 12.3 Å². The Bertz CT molecular complexity index is 967. The van der Waals surface area contributed by atoms with Crippen LogP contribution in [0, 0.1) is 21.8 Å². The van der Waals surface area contributed by atoms with Crippen molar-refractivity contribution in [3.8, 4) is 0 Å². The maximum atomic E-state index is 13.2. The van der Waals surface area contributed by atoms with E-state index in [-0.39, 0.29) is 24.0 Å². The van der Waals surface area contributed by atoms with Gasteiger partial charge in [-0.15, -0.1) is 0 Å². The number of nitrogens with one attached hydrogen (secondary N) is 1. The van der Waals surface area contributed by atoms with Gasteiger partial charge in [-0.25, -0.2) is 4.39 Å². The molecule has 0 fully saturated rings. The second-order valence-corrected chi connectivity index (χ2v) is 6.10. The van der Waals surface area contributed by atoms with Gasteiger partial charge in [0.25, 0.3) is 0 Å². The van der Waals surface area contributed by atoms with E-state index >= 15 is 0 Å². The number of hydrogen-bond donors (Lipinski definition) is 1. The summed E-state index contributed by atoms with van der Waals surface area (Å²) in [4.78, 5) is 22.4. The molecule has 1 aromatic carbocycles. The third-order valence-electron chi connectivity index (χ3n) is 3.86. The van der Waals surface area contributed by atoms with Crippen molar-refractivity contribution in [1.29, 1.82) is 0 Å². The minimum Gasteiger partial charge on any atom is -0.309 e. The van der Waals surface area contributed by atoms with E-state index in [2.05, 4.69) is 15.5 Å². The molecule has 10 heteroatoms. The largest absolute Gasteiger partial charge is 0.309 e. The van der Waals surface area contributed by atoms with E-state index in [1.807, 2.05) is 0 Å². The van der Waals surface area contributed by atoms with Crippen LogP contribution in [0.2, 0.25) is 0 Å². The van der Waals surface area contributed by atoms with Crippen LogP contribution in [0.15, 0.2) is 48.9 Å². The number of nitro groups is 1. The highest BCUT2D eigenvalue weighted by atomic mass is 19.1. The molecular weight excluding hydrogens is 355 g/mol. The van der Waals surface area contributed by atoms with E-state index in [0.29, 0.717) is 12.4 Å². The van der Waals surface area contributed by atoms with Gasteiger partial charge in [-0.1, -0.05) is 19.1 Å². The first-order valence-corrected chi connectivity index (χ1v) is 8.16. The van der Waals surface area contributed by atoms with Gasteiger partial charge in [0.2, 0.25) is 5.91 Å². The third-order valence-corrected chi connectivity index (χ3v) is 3.86. The number of hydrogen-bond acceptors (Lipinski definition) is 5. The summed E-state index contributed by atoms with van der Waals surface area (Å²) in [7, 11) is 0. The third kappa shape index (κ3) is 4.75.